The van der Waals surface area contributed by atoms with Gasteiger partial charge in [0.05, 0.1) is 5.52 Å². The van der Waals surface area contributed by atoms with Crippen LogP contribution >= 0.6 is 22.6 Å². The minimum absolute atomic E-state index is 0.357. The van der Waals surface area contributed by atoms with Crippen molar-refractivity contribution in [3.63, 3.8) is 0 Å². The second-order valence-corrected chi connectivity index (χ2v) is 5.87. The quantitative estimate of drug-likeness (QED) is 0.674. The van der Waals surface area contributed by atoms with Crippen molar-refractivity contribution in [3.05, 3.63) is 27.7 Å². The molecule has 0 unspecified atom stereocenters. The van der Waals surface area contributed by atoms with Crippen LogP contribution < -0.4 is 0 Å². The van der Waals surface area contributed by atoms with Crippen LogP contribution in [0, 0.1) is 9.52 Å². The molecule has 1 aromatic heterocycles. The highest BCUT2D eigenvalue weighted by atomic mass is 127. The van der Waals surface area contributed by atoms with E-state index in [1.807, 2.05) is 22.6 Å². The van der Waals surface area contributed by atoms with Crippen molar-refractivity contribution in [3.8, 4) is 0 Å². The first-order valence-corrected chi connectivity index (χ1v) is 6.43. The molecule has 2 rings (SSSR count). The summed E-state index contributed by atoms with van der Waals surface area (Å²) in [5.74, 6) is -0.357. The first-order valence-electron chi connectivity index (χ1n) is 5.35. The van der Waals surface area contributed by atoms with Crippen molar-refractivity contribution in [2.45, 2.75) is 26.4 Å². The van der Waals surface area contributed by atoms with Gasteiger partial charge in [-0.1, -0.05) is 0 Å². The number of halogens is 2. The van der Waals surface area contributed by atoms with E-state index < -0.39 is 11.7 Å². The Bertz CT molecular complexity index is 616. The van der Waals surface area contributed by atoms with Crippen molar-refractivity contribution in [1.29, 1.82) is 0 Å². The molecule has 4 nitrogen and oxygen atoms in total. The second kappa shape index (κ2) is 4.49. The molecule has 96 valence electrons. The predicted molar refractivity (Wildman–Crippen MR) is 74.0 cm³/mol. The predicted octanol–water partition coefficient (Wildman–Crippen LogP) is 3.56. The van der Waals surface area contributed by atoms with Crippen LogP contribution in [0.15, 0.2) is 18.2 Å². The molecule has 1 heterocycles. The number of fused-ring (bicyclic) bond motifs is 1. The van der Waals surface area contributed by atoms with E-state index in [0.29, 0.717) is 14.6 Å². The van der Waals surface area contributed by atoms with Crippen LogP contribution in [-0.4, -0.2) is 21.5 Å². The minimum Gasteiger partial charge on any atom is -0.442 e. The number of ether oxygens (including phenoxy) is 1. The van der Waals surface area contributed by atoms with E-state index in [4.69, 9.17) is 4.74 Å². The summed E-state index contributed by atoms with van der Waals surface area (Å²) in [5.41, 5.74) is -0.0593. The molecule has 18 heavy (non-hydrogen) atoms. The molecular formula is C12H12FIN2O2. The highest BCUT2D eigenvalue weighted by Crippen LogP contribution is 2.22. The summed E-state index contributed by atoms with van der Waals surface area (Å²) in [5, 5.41) is 4.68. The first-order chi connectivity index (χ1) is 8.28. The maximum atomic E-state index is 13.1. The van der Waals surface area contributed by atoms with Crippen molar-refractivity contribution in [2.75, 3.05) is 0 Å². The summed E-state index contributed by atoms with van der Waals surface area (Å²) >= 11 is 1.96. The molecular weight excluding hydrogens is 350 g/mol. The van der Waals surface area contributed by atoms with Gasteiger partial charge in [0.15, 0.2) is 0 Å². The lowest BCUT2D eigenvalue weighted by Gasteiger charge is -2.19. The molecule has 6 heteroatoms. The smallest absolute Gasteiger partial charge is 0.435 e. The third kappa shape index (κ3) is 2.63. The van der Waals surface area contributed by atoms with Crippen LogP contribution in [0.1, 0.15) is 20.8 Å². The normalized spacial score (nSPS) is 11.8. The van der Waals surface area contributed by atoms with Crippen LogP contribution in [-0.2, 0) is 4.74 Å². The van der Waals surface area contributed by atoms with Gasteiger partial charge < -0.3 is 4.74 Å². The van der Waals surface area contributed by atoms with Crippen molar-refractivity contribution >= 4 is 39.6 Å². The van der Waals surface area contributed by atoms with Crippen molar-refractivity contribution in [1.82, 2.24) is 9.78 Å². The average molecular weight is 362 g/mol. The molecule has 0 saturated heterocycles. The number of nitrogens with zero attached hydrogens (tertiary/aromatic N) is 2. The number of rotatable bonds is 0. The molecule has 0 bridgehead atoms. The third-order valence-corrected chi connectivity index (χ3v) is 2.96. The standard InChI is InChI=1S/C12H12FIN2O2/c1-12(2,3)18-11(17)16-9-5-4-7(13)6-8(9)10(14)15-16/h4-6H,1-3H3. The van der Waals surface area contributed by atoms with Crippen LogP contribution in [0.4, 0.5) is 9.18 Å². The largest absolute Gasteiger partial charge is 0.442 e. The van der Waals surface area contributed by atoms with Crippen LogP contribution in [0.2, 0.25) is 0 Å². The Kier molecular flexibility index (Phi) is 3.31. The van der Waals surface area contributed by atoms with E-state index in [1.54, 1.807) is 20.8 Å². The molecule has 1 aromatic carbocycles. The summed E-state index contributed by atoms with van der Waals surface area (Å²) < 4.78 is 20.1. The van der Waals surface area contributed by atoms with E-state index in [1.165, 1.54) is 18.2 Å². The Balaban J connectivity index is 2.49. The van der Waals surface area contributed by atoms with Gasteiger partial charge in [-0.3, -0.25) is 0 Å². The van der Waals surface area contributed by atoms with E-state index >= 15 is 0 Å². The van der Waals surface area contributed by atoms with Gasteiger partial charge in [-0.25, -0.2) is 9.18 Å². The molecule has 0 atom stereocenters. The van der Waals surface area contributed by atoms with Gasteiger partial charge in [-0.15, -0.1) is 0 Å². The summed E-state index contributed by atoms with van der Waals surface area (Å²) in [4.78, 5) is 12.0. The highest BCUT2D eigenvalue weighted by Gasteiger charge is 2.21. The SMILES string of the molecule is CC(C)(C)OC(=O)n1nc(I)c2cc(F)ccc21. The fraction of sp³-hybridized carbons (Fsp3) is 0.333. The summed E-state index contributed by atoms with van der Waals surface area (Å²) in [6.07, 6.45) is -0.568. The van der Waals surface area contributed by atoms with Gasteiger partial charge >= 0.3 is 6.09 Å². The molecule has 0 saturated carbocycles. The van der Waals surface area contributed by atoms with E-state index in [9.17, 15) is 9.18 Å². The molecule has 0 fully saturated rings. The zero-order valence-electron chi connectivity index (χ0n) is 10.2. The molecule has 0 amide bonds. The fourth-order valence-electron chi connectivity index (χ4n) is 1.50. The summed E-state index contributed by atoms with van der Waals surface area (Å²) in [6, 6.07) is 4.16. The second-order valence-electron chi connectivity index (χ2n) is 4.84. The summed E-state index contributed by atoms with van der Waals surface area (Å²) in [6.45, 7) is 5.34. The van der Waals surface area contributed by atoms with Gasteiger partial charge in [0, 0.05) is 5.39 Å². The Labute approximate surface area is 117 Å². The molecule has 2 aromatic rings. The molecule has 0 spiro atoms. The van der Waals surface area contributed by atoms with Gasteiger partial charge in [0.1, 0.15) is 15.1 Å². The first kappa shape index (κ1) is 13.3. The van der Waals surface area contributed by atoms with E-state index in [2.05, 4.69) is 5.10 Å². The monoisotopic (exact) mass is 362 g/mol. The average Bonchev–Trinajstić information content (AvgIpc) is 2.54. The van der Waals surface area contributed by atoms with Crippen molar-refractivity contribution < 1.29 is 13.9 Å². The third-order valence-electron chi connectivity index (χ3n) is 2.16. The maximum absolute atomic E-state index is 13.1. The molecule has 0 aliphatic rings. The Hall–Kier alpha value is -1.18. The minimum atomic E-state index is -0.596. The lowest BCUT2D eigenvalue weighted by molar-refractivity contribution is 0.0522. The topological polar surface area (TPSA) is 44.1 Å². The molecule has 0 N–H and O–H groups in total. The summed E-state index contributed by atoms with van der Waals surface area (Å²) in [7, 11) is 0. The Morgan fingerprint density at radius 3 is 2.72 bits per heavy atom. The Morgan fingerprint density at radius 2 is 2.11 bits per heavy atom. The zero-order valence-corrected chi connectivity index (χ0v) is 12.4. The molecule has 0 aliphatic heterocycles. The fourth-order valence-corrected chi connectivity index (χ4v) is 2.15. The van der Waals surface area contributed by atoms with Crippen molar-refractivity contribution in [2.24, 2.45) is 0 Å². The van der Waals surface area contributed by atoms with Crippen LogP contribution in [0.25, 0.3) is 10.9 Å². The molecule has 0 aliphatic carbocycles. The van der Waals surface area contributed by atoms with Gasteiger partial charge in [0.25, 0.3) is 0 Å². The van der Waals surface area contributed by atoms with Gasteiger partial charge in [0.2, 0.25) is 0 Å². The van der Waals surface area contributed by atoms with E-state index in [-0.39, 0.29) is 5.82 Å². The van der Waals surface area contributed by atoms with Crippen LogP contribution in [0.3, 0.4) is 0 Å². The van der Waals surface area contributed by atoms with E-state index in [0.717, 1.165) is 4.68 Å². The maximum Gasteiger partial charge on any atom is 0.435 e. The number of aromatic nitrogens is 2. The van der Waals surface area contributed by atoms with Gasteiger partial charge in [-0.05, 0) is 61.6 Å². The number of benzene rings is 1. The van der Waals surface area contributed by atoms with Gasteiger partial charge in [-0.2, -0.15) is 9.78 Å². The zero-order chi connectivity index (χ0) is 13.5. The highest BCUT2D eigenvalue weighted by molar-refractivity contribution is 14.1. The number of hydrogen-bond donors (Lipinski definition) is 0. The lowest BCUT2D eigenvalue weighted by Crippen LogP contribution is -2.27. The number of hydrogen-bond acceptors (Lipinski definition) is 3. The van der Waals surface area contributed by atoms with Crippen LogP contribution in [0.5, 0.6) is 0 Å². The Morgan fingerprint density at radius 1 is 1.44 bits per heavy atom. The number of carbonyl (C=O) groups excluding carboxylic acids is 1. The molecule has 0 radical (unpaired) electrons. The lowest BCUT2D eigenvalue weighted by atomic mass is 10.2. The number of carbonyl (C=O) groups is 1.